The predicted molar refractivity (Wildman–Crippen MR) is 34.1 cm³/mol. The van der Waals surface area contributed by atoms with E-state index in [1.54, 1.807) is 6.08 Å². The standard InChI is InChI=1S/C7H9NO/c9-8-7-5-3-1-2-4-6-7/h1,6-9H,3,5H2. The summed E-state index contributed by atoms with van der Waals surface area (Å²) in [5.74, 6) is 0. The molecule has 0 radical (unpaired) electrons. The van der Waals surface area contributed by atoms with Gasteiger partial charge in [-0.15, -0.1) is 0 Å². The van der Waals surface area contributed by atoms with Gasteiger partial charge in [0.05, 0.1) is 6.04 Å². The number of nitrogens with one attached hydrogen (secondary N) is 1. The maximum atomic E-state index is 8.45. The molecular weight excluding hydrogens is 114 g/mol. The molecule has 0 spiro atoms. The molecule has 1 rings (SSSR count). The van der Waals surface area contributed by atoms with Gasteiger partial charge in [0.25, 0.3) is 0 Å². The van der Waals surface area contributed by atoms with E-state index in [2.05, 4.69) is 16.9 Å². The van der Waals surface area contributed by atoms with Gasteiger partial charge in [0, 0.05) is 0 Å². The second-order valence-electron chi connectivity index (χ2n) is 1.97. The smallest absolute Gasteiger partial charge is 0.0583 e. The number of rotatable bonds is 1. The molecule has 0 amide bonds. The summed E-state index contributed by atoms with van der Waals surface area (Å²) >= 11 is 0. The molecule has 0 heterocycles. The van der Waals surface area contributed by atoms with Gasteiger partial charge in [-0.3, -0.25) is 0 Å². The van der Waals surface area contributed by atoms with Gasteiger partial charge in [-0.05, 0) is 25.0 Å². The van der Waals surface area contributed by atoms with Crippen molar-refractivity contribution in [2.75, 3.05) is 0 Å². The minimum Gasteiger partial charge on any atom is -0.316 e. The molecule has 0 aliphatic heterocycles. The molecule has 0 bridgehead atoms. The van der Waals surface area contributed by atoms with Gasteiger partial charge >= 0.3 is 0 Å². The molecule has 1 aliphatic carbocycles. The second-order valence-corrected chi connectivity index (χ2v) is 1.97. The zero-order chi connectivity index (χ0) is 6.53. The Morgan fingerprint density at radius 3 is 3.22 bits per heavy atom. The summed E-state index contributed by atoms with van der Waals surface area (Å²) in [6.07, 6.45) is 5.54. The van der Waals surface area contributed by atoms with E-state index in [9.17, 15) is 0 Å². The van der Waals surface area contributed by atoms with Crippen molar-refractivity contribution in [3.63, 3.8) is 0 Å². The van der Waals surface area contributed by atoms with Crippen LogP contribution in [0.15, 0.2) is 23.6 Å². The molecule has 2 heteroatoms. The number of hydroxylamine groups is 1. The zero-order valence-electron chi connectivity index (χ0n) is 5.09. The van der Waals surface area contributed by atoms with E-state index < -0.39 is 0 Å². The minimum atomic E-state index is 0.0521. The highest BCUT2D eigenvalue weighted by molar-refractivity contribution is 4.97. The van der Waals surface area contributed by atoms with Crippen LogP contribution in [-0.4, -0.2) is 11.2 Å². The van der Waals surface area contributed by atoms with E-state index in [-0.39, 0.29) is 6.04 Å². The van der Waals surface area contributed by atoms with Crippen molar-refractivity contribution in [1.29, 1.82) is 0 Å². The SMILES string of the molecule is ONC1C=C=C=CCC1. The molecule has 2 N–H and O–H groups in total. The molecule has 48 valence electrons. The molecular formula is C7H9NO. The molecule has 1 unspecified atom stereocenters. The Kier molecular flexibility index (Phi) is 2.32. The molecule has 0 saturated heterocycles. The van der Waals surface area contributed by atoms with E-state index in [0.717, 1.165) is 12.8 Å². The fourth-order valence-electron chi connectivity index (χ4n) is 0.728. The first kappa shape index (κ1) is 6.34. The first-order valence-corrected chi connectivity index (χ1v) is 2.99. The monoisotopic (exact) mass is 123 g/mol. The third kappa shape index (κ3) is 1.88. The number of hydrogen-bond donors (Lipinski definition) is 2. The van der Waals surface area contributed by atoms with Crippen LogP contribution in [0.1, 0.15) is 12.8 Å². The average Bonchev–Trinajstić information content (AvgIpc) is 2.13. The van der Waals surface area contributed by atoms with Gasteiger partial charge in [-0.1, -0.05) is 11.5 Å². The molecule has 1 aliphatic rings. The largest absolute Gasteiger partial charge is 0.316 e. The Labute approximate surface area is 54.2 Å². The van der Waals surface area contributed by atoms with Gasteiger partial charge in [0.2, 0.25) is 0 Å². The van der Waals surface area contributed by atoms with Crippen LogP contribution in [0.2, 0.25) is 0 Å². The summed E-state index contributed by atoms with van der Waals surface area (Å²) in [5, 5.41) is 8.45. The quantitative estimate of drug-likeness (QED) is 0.402. The van der Waals surface area contributed by atoms with Crippen molar-refractivity contribution < 1.29 is 5.21 Å². The third-order valence-electron chi connectivity index (χ3n) is 1.26. The average molecular weight is 123 g/mol. The van der Waals surface area contributed by atoms with Crippen molar-refractivity contribution in [2.45, 2.75) is 18.9 Å². The van der Waals surface area contributed by atoms with Crippen LogP contribution in [0.4, 0.5) is 0 Å². The number of allylic oxidation sites excluding steroid dienone is 1. The predicted octanol–water partition coefficient (Wildman–Crippen LogP) is 0.994. The maximum absolute atomic E-state index is 8.45. The molecule has 0 fully saturated rings. The Balaban J connectivity index is 2.62. The van der Waals surface area contributed by atoms with Crippen LogP contribution >= 0.6 is 0 Å². The topological polar surface area (TPSA) is 32.3 Å². The number of hydrogen-bond acceptors (Lipinski definition) is 2. The van der Waals surface area contributed by atoms with Gasteiger partial charge < -0.3 is 5.21 Å². The van der Waals surface area contributed by atoms with Gasteiger partial charge in [0.15, 0.2) is 0 Å². The minimum absolute atomic E-state index is 0.0521. The summed E-state index contributed by atoms with van der Waals surface area (Å²) in [6, 6.07) is 0.0521. The van der Waals surface area contributed by atoms with Crippen molar-refractivity contribution in [3.8, 4) is 0 Å². The lowest BCUT2D eigenvalue weighted by molar-refractivity contribution is 0.140. The van der Waals surface area contributed by atoms with Gasteiger partial charge in [-0.25, -0.2) is 0 Å². The Bertz CT molecular complexity index is 173. The first-order chi connectivity index (χ1) is 4.43. The summed E-state index contributed by atoms with van der Waals surface area (Å²) in [5.41, 5.74) is 7.79. The molecule has 0 aromatic carbocycles. The van der Waals surface area contributed by atoms with Crippen LogP contribution in [0, 0.1) is 0 Å². The highest BCUT2D eigenvalue weighted by atomic mass is 16.5. The fraction of sp³-hybridized carbons (Fsp3) is 0.429. The Morgan fingerprint density at radius 1 is 1.56 bits per heavy atom. The van der Waals surface area contributed by atoms with E-state index >= 15 is 0 Å². The fourth-order valence-corrected chi connectivity index (χ4v) is 0.728. The van der Waals surface area contributed by atoms with E-state index in [1.165, 1.54) is 0 Å². The lowest BCUT2D eigenvalue weighted by atomic mass is 10.2. The van der Waals surface area contributed by atoms with E-state index in [4.69, 9.17) is 5.21 Å². The maximum Gasteiger partial charge on any atom is 0.0583 e. The van der Waals surface area contributed by atoms with Crippen molar-refractivity contribution >= 4 is 0 Å². The van der Waals surface area contributed by atoms with Crippen LogP contribution < -0.4 is 5.48 Å². The summed E-state index contributed by atoms with van der Waals surface area (Å²) in [6.45, 7) is 0. The molecule has 9 heavy (non-hydrogen) atoms. The first-order valence-electron chi connectivity index (χ1n) is 2.99. The van der Waals surface area contributed by atoms with Crippen molar-refractivity contribution in [1.82, 2.24) is 5.48 Å². The molecule has 0 saturated carbocycles. The normalized spacial score (nSPS) is 24.3. The molecule has 1 atom stereocenters. The van der Waals surface area contributed by atoms with E-state index in [1.807, 2.05) is 6.08 Å². The molecule has 2 nitrogen and oxygen atoms in total. The van der Waals surface area contributed by atoms with Crippen LogP contribution in [0.3, 0.4) is 0 Å². The summed E-state index contributed by atoms with van der Waals surface area (Å²) in [4.78, 5) is 0. The molecule has 0 aromatic rings. The molecule has 0 aromatic heterocycles. The van der Waals surface area contributed by atoms with Crippen LogP contribution in [-0.2, 0) is 0 Å². The Morgan fingerprint density at radius 2 is 2.44 bits per heavy atom. The highest BCUT2D eigenvalue weighted by Crippen LogP contribution is 2.00. The zero-order valence-corrected chi connectivity index (χ0v) is 5.09. The van der Waals surface area contributed by atoms with Crippen LogP contribution in [0.25, 0.3) is 0 Å². The summed E-state index contributed by atoms with van der Waals surface area (Å²) < 4.78 is 0. The van der Waals surface area contributed by atoms with Gasteiger partial charge in [-0.2, -0.15) is 5.48 Å². The third-order valence-corrected chi connectivity index (χ3v) is 1.26. The summed E-state index contributed by atoms with van der Waals surface area (Å²) in [7, 11) is 0. The van der Waals surface area contributed by atoms with Crippen LogP contribution in [0.5, 0.6) is 0 Å². The lowest BCUT2D eigenvalue weighted by Crippen LogP contribution is -2.22. The van der Waals surface area contributed by atoms with Gasteiger partial charge in [0.1, 0.15) is 0 Å². The van der Waals surface area contributed by atoms with Crippen molar-refractivity contribution in [2.24, 2.45) is 0 Å². The van der Waals surface area contributed by atoms with Crippen molar-refractivity contribution in [3.05, 3.63) is 23.6 Å². The second kappa shape index (κ2) is 3.29. The lowest BCUT2D eigenvalue weighted by Gasteiger charge is -2.04. The Hall–Kier alpha value is -0.780. The van der Waals surface area contributed by atoms with E-state index in [0.29, 0.717) is 0 Å². The highest BCUT2D eigenvalue weighted by Gasteiger charge is 2.00.